The maximum atomic E-state index is 12.3. The topological polar surface area (TPSA) is 92.3 Å². The van der Waals surface area contributed by atoms with Gasteiger partial charge in [-0.2, -0.15) is 0 Å². The van der Waals surface area contributed by atoms with Crippen molar-refractivity contribution >= 4 is 28.3 Å². The summed E-state index contributed by atoms with van der Waals surface area (Å²) in [5, 5.41) is 7.01. The Labute approximate surface area is 210 Å². The molecule has 5 rings (SSSR count). The number of fused-ring (bicyclic) bond motifs is 1. The number of hydrogen-bond donors (Lipinski definition) is 2. The molecule has 4 aromatic rings. The number of nitrogens with one attached hydrogen (secondary N) is 2. The van der Waals surface area contributed by atoms with Gasteiger partial charge in [-0.15, -0.1) is 0 Å². The molecule has 1 amide bonds. The third-order valence-corrected chi connectivity index (χ3v) is 6.60. The second kappa shape index (κ2) is 10.7. The van der Waals surface area contributed by atoms with Crippen molar-refractivity contribution in [3.63, 3.8) is 0 Å². The van der Waals surface area contributed by atoms with Crippen LogP contribution in [0.15, 0.2) is 67.1 Å². The Kier molecular flexibility index (Phi) is 7.04. The summed E-state index contributed by atoms with van der Waals surface area (Å²) in [4.78, 5) is 28.1. The number of rotatable bonds is 7. The van der Waals surface area contributed by atoms with Crippen molar-refractivity contribution in [2.75, 3.05) is 50.1 Å². The molecule has 36 heavy (non-hydrogen) atoms. The van der Waals surface area contributed by atoms with Gasteiger partial charge in [0.05, 0.1) is 30.0 Å². The highest BCUT2D eigenvalue weighted by Gasteiger charge is 2.16. The van der Waals surface area contributed by atoms with Crippen LogP contribution in [0, 0.1) is 0 Å². The van der Waals surface area contributed by atoms with Gasteiger partial charge in [0.2, 0.25) is 0 Å². The third kappa shape index (κ3) is 4.99. The summed E-state index contributed by atoms with van der Waals surface area (Å²) < 4.78 is 5.45. The van der Waals surface area contributed by atoms with E-state index in [9.17, 15) is 4.79 Å². The van der Waals surface area contributed by atoms with Gasteiger partial charge >= 0.3 is 0 Å². The van der Waals surface area contributed by atoms with Crippen molar-refractivity contribution in [1.29, 1.82) is 0 Å². The Morgan fingerprint density at radius 1 is 1.06 bits per heavy atom. The average molecular weight is 483 g/mol. The number of benzene rings is 2. The summed E-state index contributed by atoms with van der Waals surface area (Å²) in [6.07, 6.45) is 3.28. The molecule has 3 heterocycles. The minimum absolute atomic E-state index is 0.114. The molecule has 8 heteroatoms. The van der Waals surface area contributed by atoms with Crippen LogP contribution < -0.4 is 15.5 Å². The maximum Gasteiger partial charge on any atom is 0.251 e. The predicted molar refractivity (Wildman–Crippen MR) is 143 cm³/mol. The predicted octanol–water partition coefficient (Wildman–Crippen LogP) is 4.10. The number of pyridine rings is 1. The molecule has 1 saturated heterocycles. The normalized spacial score (nSPS) is 14.4. The van der Waals surface area contributed by atoms with Crippen LogP contribution in [0.2, 0.25) is 0 Å². The van der Waals surface area contributed by atoms with Crippen LogP contribution in [-0.4, -0.2) is 60.8 Å². The van der Waals surface area contributed by atoms with Gasteiger partial charge in [0.25, 0.3) is 5.91 Å². The van der Waals surface area contributed by atoms with Gasteiger partial charge in [-0.05, 0) is 23.8 Å². The molecular formula is C28H30N6O2. The van der Waals surface area contributed by atoms with Crippen LogP contribution in [0.5, 0.6) is 0 Å². The number of aromatic nitrogens is 3. The fraction of sp³-hybridized carbons (Fsp3) is 0.286. The maximum absolute atomic E-state index is 12.3. The second-order valence-electron chi connectivity index (χ2n) is 8.90. The fourth-order valence-corrected chi connectivity index (χ4v) is 4.57. The highest BCUT2D eigenvalue weighted by molar-refractivity contribution is 6.06. The Morgan fingerprint density at radius 2 is 1.86 bits per heavy atom. The van der Waals surface area contributed by atoms with E-state index in [1.165, 1.54) is 5.69 Å². The molecule has 2 N–H and O–H groups in total. The molecule has 1 atom stereocenters. The Morgan fingerprint density at radius 3 is 2.64 bits per heavy atom. The highest BCUT2D eigenvalue weighted by Crippen LogP contribution is 2.27. The molecule has 2 aromatic carbocycles. The van der Waals surface area contributed by atoms with E-state index in [-0.39, 0.29) is 11.8 Å². The number of anilines is 2. The summed E-state index contributed by atoms with van der Waals surface area (Å²) in [6.45, 7) is 6.17. The molecule has 2 aromatic heterocycles. The van der Waals surface area contributed by atoms with Crippen molar-refractivity contribution in [3.05, 3.63) is 78.2 Å². The molecule has 0 bridgehead atoms. The molecule has 0 saturated carbocycles. The van der Waals surface area contributed by atoms with Gasteiger partial charge in [0.1, 0.15) is 12.1 Å². The van der Waals surface area contributed by atoms with Crippen LogP contribution in [0.4, 0.5) is 11.5 Å². The second-order valence-corrected chi connectivity index (χ2v) is 8.90. The minimum Gasteiger partial charge on any atom is -0.378 e. The van der Waals surface area contributed by atoms with E-state index in [0.29, 0.717) is 12.1 Å². The van der Waals surface area contributed by atoms with E-state index in [4.69, 9.17) is 4.74 Å². The smallest absolute Gasteiger partial charge is 0.251 e. The Bertz CT molecular complexity index is 1350. The van der Waals surface area contributed by atoms with Crippen LogP contribution in [-0.2, 0) is 4.74 Å². The molecule has 1 aliphatic heterocycles. The average Bonchev–Trinajstić information content (AvgIpc) is 2.95. The van der Waals surface area contributed by atoms with Crippen molar-refractivity contribution in [2.45, 2.75) is 12.8 Å². The summed E-state index contributed by atoms with van der Waals surface area (Å²) in [5.74, 6) is 0.799. The van der Waals surface area contributed by atoms with Crippen molar-refractivity contribution in [3.8, 4) is 11.3 Å². The van der Waals surface area contributed by atoms with Gasteiger partial charge in [-0.1, -0.05) is 37.3 Å². The van der Waals surface area contributed by atoms with Crippen LogP contribution in [0.25, 0.3) is 22.2 Å². The zero-order chi connectivity index (χ0) is 24.9. The molecule has 0 spiro atoms. The first kappa shape index (κ1) is 23.7. The lowest BCUT2D eigenvalue weighted by Gasteiger charge is -2.28. The molecule has 1 aliphatic rings. The zero-order valence-electron chi connectivity index (χ0n) is 20.6. The molecule has 8 nitrogen and oxygen atoms in total. The Hall–Kier alpha value is -4.04. The van der Waals surface area contributed by atoms with Crippen molar-refractivity contribution in [2.24, 2.45) is 0 Å². The highest BCUT2D eigenvalue weighted by atomic mass is 16.5. The van der Waals surface area contributed by atoms with E-state index in [1.807, 2.05) is 18.2 Å². The van der Waals surface area contributed by atoms with Crippen molar-refractivity contribution < 1.29 is 9.53 Å². The van der Waals surface area contributed by atoms with Crippen LogP contribution in [0.3, 0.4) is 0 Å². The number of amides is 1. The fourth-order valence-electron chi connectivity index (χ4n) is 4.57. The zero-order valence-corrected chi connectivity index (χ0v) is 20.6. The van der Waals surface area contributed by atoms with Gasteiger partial charge in [0, 0.05) is 61.5 Å². The first-order valence-corrected chi connectivity index (χ1v) is 12.2. The number of hydrogen-bond acceptors (Lipinski definition) is 7. The van der Waals surface area contributed by atoms with E-state index in [1.54, 1.807) is 25.6 Å². The minimum atomic E-state index is -0.114. The lowest BCUT2D eigenvalue weighted by atomic mass is 9.96. The first-order chi connectivity index (χ1) is 17.6. The number of morpholine rings is 1. The quantitative estimate of drug-likeness (QED) is 0.410. The largest absolute Gasteiger partial charge is 0.378 e. The lowest BCUT2D eigenvalue weighted by molar-refractivity contribution is 0.0964. The number of nitrogens with zero attached hydrogens (tertiary/aromatic N) is 4. The third-order valence-electron chi connectivity index (χ3n) is 6.60. The van der Waals surface area contributed by atoms with E-state index >= 15 is 0 Å². The number of carbonyl (C=O) groups is 1. The molecule has 0 radical (unpaired) electrons. The van der Waals surface area contributed by atoms with E-state index in [0.717, 1.165) is 59.8 Å². The lowest BCUT2D eigenvalue weighted by Crippen LogP contribution is -2.36. The van der Waals surface area contributed by atoms with Crippen LogP contribution >= 0.6 is 0 Å². The molecule has 0 unspecified atom stereocenters. The standard InChI is InChI=1S/C28H30N6O2/c1-19(22-4-3-5-23-24(28(35)29-2)10-11-30-27(22)23)17-31-26-16-25(32-18-33-26)20-6-8-21(9-7-20)34-12-14-36-15-13-34/h3-11,16,18-19H,12-15,17H2,1-2H3,(H,29,35)(H,31,32,33)/t19-/m1/s1. The van der Waals surface area contributed by atoms with Crippen LogP contribution in [0.1, 0.15) is 28.8 Å². The molecule has 1 fully saturated rings. The van der Waals surface area contributed by atoms with Gasteiger partial charge < -0.3 is 20.3 Å². The SMILES string of the molecule is CNC(=O)c1ccnc2c([C@H](C)CNc3cc(-c4ccc(N5CCOCC5)cc4)ncn3)cccc12. The number of ether oxygens (including phenoxy) is 1. The summed E-state index contributed by atoms with van der Waals surface area (Å²) in [7, 11) is 1.64. The summed E-state index contributed by atoms with van der Waals surface area (Å²) >= 11 is 0. The first-order valence-electron chi connectivity index (χ1n) is 12.2. The number of carbonyl (C=O) groups excluding carboxylic acids is 1. The molecule has 0 aliphatic carbocycles. The van der Waals surface area contributed by atoms with E-state index < -0.39 is 0 Å². The summed E-state index contributed by atoms with van der Waals surface area (Å²) in [6, 6.07) is 18.2. The van der Waals surface area contributed by atoms with Crippen molar-refractivity contribution in [1.82, 2.24) is 20.3 Å². The molecular weight excluding hydrogens is 452 g/mol. The van der Waals surface area contributed by atoms with Gasteiger partial charge in [0.15, 0.2) is 0 Å². The molecule has 184 valence electrons. The Balaban J connectivity index is 1.30. The van der Waals surface area contributed by atoms with Gasteiger partial charge in [-0.25, -0.2) is 9.97 Å². The monoisotopic (exact) mass is 482 g/mol. The number of para-hydroxylation sites is 1. The van der Waals surface area contributed by atoms with Gasteiger partial charge in [-0.3, -0.25) is 9.78 Å². The van der Waals surface area contributed by atoms with E-state index in [2.05, 4.69) is 67.7 Å². The summed E-state index contributed by atoms with van der Waals surface area (Å²) in [5.41, 5.74) is 5.67.